The van der Waals surface area contributed by atoms with E-state index in [-0.39, 0.29) is 12.0 Å². The molecule has 0 saturated carbocycles. The van der Waals surface area contributed by atoms with Crippen molar-refractivity contribution in [2.45, 2.75) is 31.8 Å². The Hall–Kier alpha value is -0.610. The monoisotopic (exact) mass is 213 g/mol. The van der Waals surface area contributed by atoms with Crippen molar-refractivity contribution >= 4 is 5.97 Å². The SMILES string of the molecule is COC(=O)C1CCN1C(C)C1CCOC1. The number of esters is 1. The molecule has 86 valence electrons. The molecule has 4 nitrogen and oxygen atoms in total. The molecular weight excluding hydrogens is 194 g/mol. The Morgan fingerprint density at radius 1 is 1.53 bits per heavy atom. The van der Waals surface area contributed by atoms with E-state index in [9.17, 15) is 4.79 Å². The summed E-state index contributed by atoms with van der Waals surface area (Å²) in [5.74, 6) is 0.490. The number of likely N-dealkylation sites (tertiary alicyclic amines) is 1. The van der Waals surface area contributed by atoms with E-state index in [0.717, 1.165) is 32.6 Å². The maximum atomic E-state index is 11.4. The molecule has 2 aliphatic heterocycles. The molecule has 0 radical (unpaired) electrons. The van der Waals surface area contributed by atoms with E-state index < -0.39 is 0 Å². The molecular formula is C11H19NO3. The van der Waals surface area contributed by atoms with Crippen LogP contribution in [0.4, 0.5) is 0 Å². The molecule has 3 unspecified atom stereocenters. The Bertz CT molecular complexity index is 238. The van der Waals surface area contributed by atoms with Crippen molar-refractivity contribution in [2.24, 2.45) is 5.92 Å². The zero-order chi connectivity index (χ0) is 10.8. The van der Waals surface area contributed by atoms with Crippen molar-refractivity contribution in [2.75, 3.05) is 26.9 Å². The number of hydrogen-bond acceptors (Lipinski definition) is 4. The highest BCUT2D eigenvalue weighted by Crippen LogP contribution is 2.28. The average Bonchev–Trinajstić information content (AvgIpc) is 2.68. The molecule has 0 amide bonds. The highest BCUT2D eigenvalue weighted by molar-refractivity contribution is 5.76. The van der Waals surface area contributed by atoms with Gasteiger partial charge >= 0.3 is 5.97 Å². The van der Waals surface area contributed by atoms with E-state index in [2.05, 4.69) is 11.8 Å². The van der Waals surface area contributed by atoms with Gasteiger partial charge in [-0.2, -0.15) is 0 Å². The van der Waals surface area contributed by atoms with E-state index in [1.54, 1.807) is 0 Å². The van der Waals surface area contributed by atoms with Crippen molar-refractivity contribution in [1.82, 2.24) is 4.90 Å². The predicted octanol–water partition coefficient (Wildman–Crippen LogP) is 0.659. The van der Waals surface area contributed by atoms with Crippen LogP contribution < -0.4 is 0 Å². The van der Waals surface area contributed by atoms with Crippen LogP contribution in [0.3, 0.4) is 0 Å². The topological polar surface area (TPSA) is 38.8 Å². The van der Waals surface area contributed by atoms with Gasteiger partial charge in [0.05, 0.1) is 13.7 Å². The number of methoxy groups -OCH3 is 1. The van der Waals surface area contributed by atoms with Crippen LogP contribution in [0.15, 0.2) is 0 Å². The third-order valence-corrected chi connectivity index (χ3v) is 3.70. The average molecular weight is 213 g/mol. The van der Waals surface area contributed by atoms with E-state index in [4.69, 9.17) is 9.47 Å². The number of hydrogen-bond donors (Lipinski definition) is 0. The second kappa shape index (κ2) is 4.49. The lowest BCUT2D eigenvalue weighted by atomic mass is 9.92. The lowest BCUT2D eigenvalue weighted by Gasteiger charge is -2.44. The van der Waals surface area contributed by atoms with Gasteiger partial charge in [-0.1, -0.05) is 0 Å². The number of nitrogens with zero attached hydrogens (tertiary/aromatic N) is 1. The molecule has 3 atom stereocenters. The maximum absolute atomic E-state index is 11.4. The lowest BCUT2D eigenvalue weighted by molar-refractivity contribution is -0.154. The molecule has 15 heavy (non-hydrogen) atoms. The first-order valence-electron chi connectivity index (χ1n) is 5.65. The molecule has 0 N–H and O–H groups in total. The fourth-order valence-corrected chi connectivity index (χ4v) is 2.49. The molecule has 2 rings (SSSR count). The van der Waals surface area contributed by atoms with Gasteiger partial charge in [-0.3, -0.25) is 9.69 Å². The summed E-state index contributed by atoms with van der Waals surface area (Å²) in [5, 5.41) is 0. The van der Waals surface area contributed by atoms with Crippen LogP contribution in [0.1, 0.15) is 19.8 Å². The summed E-state index contributed by atoms with van der Waals surface area (Å²) in [7, 11) is 1.46. The summed E-state index contributed by atoms with van der Waals surface area (Å²) in [4.78, 5) is 13.7. The zero-order valence-corrected chi connectivity index (χ0v) is 9.44. The summed E-state index contributed by atoms with van der Waals surface area (Å²) in [6, 6.07) is 0.427. The molecule has 0 aromatic rings. The van der Waals surface area contributed by atoms with Crippen molar-refractivity contribution < 1.29 is 14.3 Å². The summed E-state index contributed by atoms with van der Waals surface area (Å²) in [6.45, 7) is 4.91. The third-order valence-electron chi connectivity index (χ3n) is 3.70. The van der Waals surface area contributed by atoms with Gasteiger partial charge in [0.25, 0.3) is 0 Å². The van der Waals surface area contributed by atoms with E-state index in [1.807, 2.05) is 0 Å². The van der Waals surface area contributed by atoms with Crippen LogP contribution in [0.2, 0.25) is 0 Å². The van der Waals surface area contributed by atoms with Crippen LogP contribution in [0.5, 0.6) is 0 Å². The minimum atomic E-state index is -0.0907. The number of carbonyl (C=O) groups excluding carboxylic acids is 1. The van der Waals surface area contributed by atoms with Gasteiger partial charge in [0, 0.05) is 19.2 Å². The second-order valence-electron chi connectivity index (χ2n) is 4.43. The molecule has 0 bridgehead atoms. The van der Waals surface area contributed by atoms with Crippen molar-refractivity contribution in [3.8, 4) is 0 Å². The second-order valence-corrected chi connectivity index (χ2v) is 4.43. The van der Waals surface area contributed by atoms with E-state index in [0.29, 0.717) is 12.0 Å². The normalized spacial score (nSPS) is 33.5. The Kier molecular flexibility index (Phi) is 3.26. The third kappa shape index (κ3) is 2.01. The van der Waals surface area contributed by atoms with Gasteiger partial charge in [0.2, 0.25) is 0 Å². The van der Waals surface area contributed by atoms with Crippen molar-refractivity contribution in [3.05, 3.63) is 0 Å². The fraction of sp³-hybridized carbons (Fsp3) is 0.909. The van der Waals surface area contributed by atoms with Gasteiger partial charge in [0.1, 0.15) is 6.04 Å². The Balaban J connectivity index is 1.90. The molecule has 4 heteroatoms. The quantitative estimate of drug-likeness (QED) is 0.646. The van der Waals surface area contributed by atoms with Crippen LogP contribution >= 0.6 is 0 Å². The van der Waals surface area contributed by atoms with E-state index >= 15 is 0 Å². The molecule has 0 aromatic carbocycles. The molecule has 0 aromatic heterocycles. The molecule has 2 heterocycles. The minimum Gasteiger partial charge on any atom is -0.468 e. The minimum absolute atomic E-state index is 0.00870. The Morgan fingerprint density at radius 2 is 2.33 bits per heavy atom. The standard InChI is InChI=1S/C11H19NO3/c1-8(9-4-6-15-7-9)12-5-3-10(12)11(13)14-2/h8-10H,3-7H2,1-2H3. The highest BCUT2D eigenvalue weighted by Gasteiger charge is 2.40. The largest absolute Gasteiger partial charge is 0.468 e. The number of carbonyl (C=O) groups is 1. The lowest BCUT2D eigenvalue weighted by Crippen LogP contribution is -2.58. The summed E-state index contributed by atoms with van der Waals surface area (Å²) >= 11 is 0. The molecule has 0 aliphatic carbocycles. The van der Waals surface area contributed by atoms with Crippen LogP contribution in [0.25, 0.3) is 0 Å². The van der Waals surface area contributed by atoms with Crippen LogP contribution in [-0.2, 0) is 14.3 Å². The van der Waals surface area contributed by atoms with Crippen molar-refractivity contribution in [3.63, 3.8) is 0 Å². The fourth-order valence-electron chi connectivity index (χ4n) is 2.49. The molecule has 2 fully saturated rings. The first-order chi connectivity index (χ1) is 7.24. The number of rotatable bonds is 3. The van der Waals surface area contributed by atoms with E-state index in [1.165, 1.54) is 7.11 Å². The first kappa shape index (κ1) is 10.9. The molecule has 2 saturated heterocycles. The van der Waals surface area contributed by atoms with Gasteiger partial charge < -0.3 is 9.47 Å². The Labute approximate surface area is 90.5 Å². The first-order valence-corrected chi connectivity index (χ1v) is 5.65. The van der Waals surface area contributed by atoms with Crippen LogP contribution in [0, 0.1) is 5.92 Å². The summed E-state index contributed by atoms with van der Waals surface area (Å²) in [5.41, 5.74) is 0. The summed E-state index contributed by atoms with van der Waals surface area (Å²) in [6.07, 6.45) is 2.05. The van der Waals surface area contributed by atoms with Gasteiger partial charge in [-0.15, -0.1) is 0 Å². The summed E-state index contributed by atoms with van der Waals surface area (Å²) < 4.78 is 10.2. The maximum Gasteiger partial charge on any atom is 0.323 e. The number of ether oxygens (including phenoxy) is 2. The molecule has 0 spiro atoms. The van der Waals surface area contributed by atoms with Crippen molar-refractivity contribution in [1.29, 1.82) is 0 Å². The van der Waals surface area contributed by atoms with Crippen LogP contribution in [-0.4, -0.2) is 49.8 Å². The molecule has 2 aliphatic rings. The zero-order valence-electron chi connectivity index (χ0n) is 9.44. The smallest absolute Gasteiger partial charge is 0.323 e. The van der Waals surface area contributed by atoms with Gasteiger partial charge in [0.15, 0.2) is 0 Å². The van der Waals surface area contributed by atoms with Gasteiger partial charge in [-0.25, -0.2) is 0 Å². The predicted molar refractivity (Wildman–Crippen MR) is 55.5 cm³/mol. The van der Waals surface area contributed by atoms with Gasteiger partial charge in [-0.05, 0) is 25.7 Å². The Morgan fingerprint density at radius 3 is 2.80 bits per heavy atom. The highest BCUT2D eigenvalue weighted by atomic mass is 16.5.